The normalized spacial score (nSPS) is 16.6. The van der Waals surface area contributed by atoms with E-state index in [2.05, 4.69) is 32.6 Å². The smallest absolute Gasteiger partial charge is 0.236 e. The molecule has 0 spiro atoms. The molecule has 0 bridgehead atoms. The molecule has 0 N–H and O–H groups in total. The zero-order valence-corrected chi connectivity index (χ0v) is 16.6. The standard InChI is InChI=1S/C18H26N6OS/c1-14(26-17-19-20-21-24(17)18(2,3)4)16(25)23-12-10-22(11-13-23)15-8-6-5-7-9-15/h5-9,14H,10-13H2,1-4H3. The van der Waals surface area contributed by atoms with E-state index in [0.29, 0.717) is 5.16 Å². The van der Waals surface area contributed by atoms with Gasteiger partial charge in [0.15, 0.2) is 0 Å². The Balaban J connectivity index is 1.58. The maximum absolute atomic E-state index is 12.8. The van der Waals surface area contributed by atoms with E-state index in [-0.39, 0.29) is 16.7 Å². The average Bonchev–Trinajstić information content (AvgIpc) is 3.10. The van der Waals surface area contributed by atoms with Gasteiger partial charge < -0.3 is 9.80 Å². The van der Waals surface area contributed by atoms with Crippen LogP contribution in [0.4, 0.5) is 5.69 Å². The van der Waals surface area contributed by atoms with Crippen molar-refractivity contribution in [3.05, 3.63) is 30.3 Å². The van der Waals surface area contributed by atoms with Crippen LogP contribution in [0.15, 0.2) is 35.5 Å². The van der Waals surface area contributed by atoms with Crippen molar-refractivity contribution in [2.24, 2.45) is 0 Å². The van der Waals surface area contributed by atoms with Crippen molar-refractivity contribution in [3.8, 4) is 0 Å². The predicted octanol–water partition coefficient (Wildman–Crippen LogP) is 2.26. The van der Waals surface area contributed by atoms with Crippen LogP contribution in [0.1, 0.15) is 27.7 Å². The Labute approximate surface area is 158 Å². The molecule has 7 nitrogen and oxygen atoms in total. The minimum absolute atomic E-state index is 0.145. The number of thioether (sulfide) groups is 1. The van der Waals surface area contributed by atoms with Crippen LogP contribution in [0.2, 0.25) is 0 Å². The molecule has 3 rings (SSSR count). The molecule has 0 radical (unpaired) electrons. The lowest BCUT2D eigenvalue weighted by atomic mass is 10.1. The van der Waals surface area contributed by atoms with E-state index >= 15 is 0 Å². The molecule has 1 fully saturated rings. The molecule has 1 atom stereocenters. The fraction of sp³-hybridized carbons (Fsp3) is 0.556. The van der Waals surface area contributed by atoms with Gasteiger partial charge in [-0.1, -0.05) is 30.0 Å². The SMILES string of the molecule is CC(Sc1nnnn1C(C)(C)C)C(=O)N1CCN(c2ccccc2)CC1. The highest BCUT2D eigenvalue weighted by Crippen LogP contribution is 2.26. The highest BCUT2D eigenvalue weighted by molar-refractivity contribution is 8.00. The van der Waals surface area contributed by atoms with E-state index in [1.54, 1.807) is 4.68 Å². The molecule has 1 aromatic heterocycles. The molecule has 26 heavy (non-hydrogen) atoms. The first-order valence-corrected chi connectivity index (χ1v) is 9.78. The van der Waals surface area contributed by atoms with Crippen molar-refractivity contribution < 1.29 is 4.79 Å². The lowest BCUT2D eigenvalue weighted by Gasteiger charge is -2.37. The molecule has 1 saturated heterocycles. The van der Waals surface area contributed by atoms with E-state index in [9.17, 15) is 4.79 Å². The third-order valence-corrected chi connectivity index (χ3v) is 5.44. The number of piperazine rings is 1. The Bertz CT molecular complexity index is 734. The summed E-state index contributed by atoms with van der Waals surface area (Å²) in [7, 11) is 0. The molecular weight excluding hydrogens is 348 g/mol. The van der Waals surface area contributed by atoms with E-state index in [1.807, 2.05) is 50.8 Å². The summed E-state index contributed by atoms with van der Waals surface area (Å²) in [6.07, 6.45) is 0. The third-order valence-electron chi connectivity index (χ3n) is 4.42. The molecule has 1 unspecified atom stereocenters. The van der Waals surface area contributed by atoms with Crippen molar-refractivity contribution >= 4 is 23.4 Å². The summed E-state index contributed by atoms with van der Waals surface area (Å²) in [4.78, 5) is 17.1. The highest BCUT2D eigenvalue weighted by Gasteiger charge is 2.28. The number of benzene rings is 1. The largest absolute Gasteiger partial charge is 0.368 e. The summed E-state index contributed by atoms with van der Waals surface area (Å²) in [5, 5.41) is 12.4. The number of carbonyl (C=O) groups is 1. The van der Waals surface area contributed by atoms with Crippen LogP contribution >= 0.6 is 11.8 Å². The van der Waals surface area contributed by atoms with Gasteiger partial charge in [-0.05, 0) is 50.3 Å². The molecule has 2 heterocycles. The molecule has 0 saturated carbocycles. The second-order valence-electron chi connectivity index (χ2n) is 7.45. The first-order chi connectivity index (χ1) is 12.4. The summed E-state index contributed by atoms with van der Waals surface area (Å²) in [5.74, 6) is 0.145. The number of anilines is 1. The highest BCUT2D eigenvalue weighted by atomic mass is 32.2. The molecule has 0 aliphatic carbocycles. The lowest BCUT2D eigenvalue weighted by Crippen LogP contribution is -2.50. The Morgan fingerprint density at radius 2 is 1.77 bits per heavy atom. The first-order valence-electron chi connectivity index (χ1n) is 8.90. The number of aromatic nitrogens is 4. The first kappa shape index (κ1) is 18.7. The summed E-state index contributed by atoms with van der Waals surface area (Å²) in [5.41, 5.74) is 1.00. The van der Waals surface area contributed by atoms with Gasteiger partial charge in [0.05, 0.1) is 10.8 Å². The average molecular weight is 375 g/mol. The van der Waals surface area contributed by atoms with Crippen LogP contribution in [-0.2, 0) is 10.3 Å². The molecular formula is C18H26N6OS. The number of para-hydroxylation sites is 1. The van der Waals surface area contributed by atoms with Crippen molar-refractivity contribution in [3.63, 3.8) is 0 Å². The predicted molar refractivity (Wildman–Crippen MR) is 103 cm³/mol. The van der Waals surface area contributed by atoms with E-state index < -0.39 is 0 Å². The fourth-order valence-electron chi connectivity index (χ4n) is 2.96. The Kier molecular flexibility index (Phi) is 5.50. The molecule has 1 aliphatic heterocycles. The van der Waals surface area contributed by atoms with Crippen molar-refractivity contribution in [1.29, 1.82) is 0 Å². The van der Waals surface area contributed by atoms with E-state index in [1.165, 1.54) is 17.4 Å². The van der Waals surface area contributed by atoms with Gasteiger partial charge in [0, 0.05) is 31.9 Å². The molecule has 1 amide bonds. The van der Waals surface area contributed by atoms with Crippen LogP contribution in [0.5, 0.6) is 0 Å². The summed E-state index contributed by atoms with van der Waals surface area (Å²) >= 11 is 1.42. The van der Waals surface area contributed by atoms with Gasteiger partial charge in [0.2, 0.25) is 11.1 Å². The number of hydrogen-bond acceptors (Lipinski definition) is 6. The maximum atomic E-state index is 12.8. The van der Waals surface area contributed by atoms with Gasteiger partial charge in [0.1, 0.15) is 0 Å². The molecule has 140 valence electrons. The molecule has 8 heteroatoms. The fourth-order valence-corrected chi connectivity index (χ4v) is 4.02. The van der Waals surface area contributed by atoms with Gasteiger partial charge in [-0.3, -0.25) is 4.79 Å². The minimum atomic E-state index is -0.217. The summed E-state index contributed by atoms with van der Waals surface area (Å²) in [6.45, 7) is 11.2. The van der Waals surface area contributed by atoms with Crippen LogP contribution in [0.25, 0.3) is 0 Å². The van der Waals surface area contributed by atoms with E-state index in [4.69, 9.17) is 0 Å². The topological polar surface area (TPSA) is 67.2 Å². The molecule has 1 aromatic carbocycles. The number of hydrogen-bond donors (Lipinski definition) is 0. The van der Waals surface area contributed by atoms with Crippen LogP contribution < -0.4 is 4.90 Å². The Morgan fingerprint density at radius 3 is 2.38 bits per heavy atom. The second kappa shape index (κ2) is 7.65. The van der Waals surface area contributed by atoms with Gasteiger partial charge >= 0.3 is 0 Å². The van der Waals surface area contributed by atoms with Crippen molar-refractivity contribution in [2.75, 3.05) is 31.1 Å². The minimum Gasteiger partial charge on any atom is -0.368 e. The van der Waals surface area contributed by atoms with Crippen LogP contribution in [-0.4, -0.2) is 62.4 Å². The van der Waals surface area contributed by atoms with Gasteiger partial charge in [-0.25, -0.2) is 4.68 Å². The zero-order valence-electron chi connectivity index (χ0n) is 15.8. The quantitative estimate of drug-likeness (QED) is 0.765. The summed E-state index contributed by atoms with van der Waals surface area (Å²) in [6, 6.07) is 10.3. The van der Waals surface area contributed by atoms with Crippen molar-refractivity contribution in [2.45, 2.75) is 43.6 Å². The number of tetrazole rings is 1. The molecule has 1 aliphatic rings. The van der Waals surface area contributed by atoms with Crippen LogP contribution in [0, 0.1) is 0 Å². The Morgan fingerprint density at radius 1 is 1.12 bits per heavy atom. The number of nitrogens with zero attached hydrogens (tertiary/aromatic N) is 6. The number of amides is 1. The molecule has 2 aromatic rings. The van der Waals surface area contributed by atoms with Gasteiger partial charge in [-0.2, -0.15) is 0 Å². The van der Waals surface area contributed by atoms with E-state index in [0.717, 1.165) is 26.2 Å². The number of carbonyl (C=O) groups excluding carboxylic acids is 1. The van der Waals surface area contributed by atoms with Gasteiger partial charge in [-0.15, -0.1) is 5.10 Å². The van der Waals surface area contributed by atoms with Crippen molar-refractivity contribution in [1.82, 2.24) is 25.1 Å². The number of rotatable bonds is 4. The third kappa shape index (κ3) is 4.17. The maximum Gasteiger partial charge on any atom is 0.236 e. The monoisotopic (exact) mass is 374 g/mol. The van der Waals surface area contributed by atoms with Gasteiger partial charge in [0.25, 0.3) is 0 Å². The second-order valence-corrected chi connectivity index (χ2v) is 8.76. The zero-order chi connectivity index (χ0) is 18.7. The van der Waals surface area contributed by atoms with Crippen LogP contribution in [0.3, 0.4) is 0 Å². The lowest BCUT2D eigenvalue weighted by molar-refractivity contribution is -0.130. The Hall–Kier alpha value is -2.09. The summed E-state index contributed by atoms with van der Waals surface area (Å²) < 4.78 is 1.77.